The van der Waals surface area contributed by atoms with Crippen molar-refractivity contribution < 1.29 is 4.74 Å². The van der Waals surface area contributed by atoms with Crippen molar-refractivity contribution in [1.82, 2.24) is 0 Å². The van der Waals surface area contributed by atoms with E-state index in [1.807, 2.05) is 7.11 Å². The Balaban J connectivity index is 1.66. The molecule has 3 aromatic rings. The molecule has 5 rings (SSSR count). The van der Waals surface area contributed by atoms with Crippen molar-refractivity contribution in [1.29, 1.82) is 0 Å². The van der Waals surface area contributed by atoms with Crippen LogP contribution in [0.2, 0.25) is 0 Å². The summed E-state index contributed by atoms with van der Waals surface area (Å²) < 4.78 is 6.29. The Bertz CT molecular complexity index is 1150. The predicted molar refractivity (Wildman–Crippen MR) is 163 cm³/mol. The fourth-order valence-corrected chi connectivity index (χ4v) is 6.80. The van der Waals surface area contributed by atoms with Crippen LogP contribution in [0, 0.1) is 0 Å². The molecule has 0 saturated heterocycles. The molecule has 2 aliphatic heterocycles. The molecule has 38 heavy (non-hydrogen) atoms. The van der Waals surface area contributed by atoms with E-state index in [0.717, 1.165) is 44.8 Å². The molecule has 0 aromatic heterocycles. The molecule has 0 spiro atoms. The molecular weight excluding hydrogens is 466 g/mol. The van der Waals surface area contributed by atoms with Gasteiger partial charge in [0.05, 0.1) is 7.11 Å². The van der Waals surface area contributed by atoms with E-state index in [0.29, 0.717) is 0 Å². The van der Waals surface area contributed by atoms with E-state index in [2.05, 4.69) is 97.0 Å². The lowest BCUT2D eigenvalue weighted by Crippen LogP contribution is -2.35. The van der Waals surface area contributed by atoms with Gasteiger partial charge in [-0.25, -0.2) is 0 Å². The molecule has 0 atom stereocenters. The first-order valence-corrected chi connectivity index (χ1v) is 14.8. The van der Waals surface area contributed by atoms with E-state index in [9.17, 15) is 0 Å². The van der Waals surface area contributed by atoms with Gasteiger partial charge in [-0.2, -0.15) is 0 Å². The van der Waals surface area contributed by atoms with Gasteiger partial charge in [0.25, 0.3) is 0 Å². The zero-order valence-corrected chi connectivity index (χ0v) is 24.1. The number of nitrogens with zero attached hydrogens (tertiary/aromatic N) is 3. The average molecular weight is 512 g/mol. The highest BCUT2D eigenvalue weighted by molar-refractivity contribution is 5.71. The topological polar surface area (TPSA) is 19.0 Å². The molecule has 0 N–H and O–H groups in total. The summed E-state index contributed by atoms with van der Waals surface area (Å²) in [6.45, 7) is 15.3. The van der Waals surface area contributed by atoms with Crippen molar-refractivity contribution in [2.24, 2.45) is 0 Å². The van der Waals surface area contributed by atoms with Gasteiger partial charge in [0.1, 0.15) is 5.75 Å². The second kappa shape index (κ2) is 11.7. The van der Waals surface area contributed by atoms with Gasteiger partial charge in [0, 0.05) is 73.4 Å². The molecule has 2 aliphatic rings. The summed E-state index contributed by atoms with van der Waals surface area (Å²) in [5, 5.41) is 0. The lowest BCUT2D eigenvalue weighted by Gasteiger charge is -2.39. The number of hydrogen-bond donors (Lipinski definition) is 0. The number of hydrogen-bond acceptors (Lipinski definition) is 4. The zero-order chi connectivity index (χ0) is 26.6. The molecule has 0 amide bonds. The number of anilines is 3. The van der Waals surface area contributed by atoms with Crippen molar-refractivity contribution in [3.63, 3.8) is 0 Å². The first kappa shape index (κ1) is 26.5. The number of ether oxygens (including phenoxy) is 1. The third-order valence-electron chi connectivity index (χ3n) is 8.73. The normalized spacial score (nSPS) is 14.4. The molecule has 0 unspecified atom stereocenters. The highest BCUT2D eigenvalue weighted by Crippen LogP contribution is 2.47. The summed E-state index contributed by atoms with van der Waals surface area (Å²) in [7, 11) is 1.87. The number of rotatable bonds is 10. The third-order valence-corrected chi connectivity index (χ3v) is 8.73. The molecule has 4 heteroatoms. The maximum absolute atomic E-state index is 6.29. The van der Waals surface area contributed by atoms with Crippen LogP contribution in [0.15, 0.2) is 54.6 Å². The zero-order valence-electron chi connectivity index (χ0n) is 24.1. The van der Waals surface area contributed by atoms with Gasteiger partial charge in [-0.3, -0.25) is 0 Å². The molecule has 0 aliphatic carbocycles. The molecule has 0 fully saturated rings. The Hall–Kier alpha value is -3.14. The lowest BCUT2D eigenvalue weighted by atomic mass is 9.80. The van der Waals surface area contributed by atoms with Crippen molar-refractivity contribution in [2.45, 2.75) is 59.3 Å². The highest BCUT2D eigenvalue weighted by atomic mass is 16.5. The van der Waals surface area contributed by atoms with Crippen LogP contribution in [0.3, 0.4) is 0 Å². The van der Waals surface area contributed by atoms with Crippen LogP contribution in [0.25, 0.3) is 0 Å². The standard InChI is InChI=1S/C34H45N3O/c1-6-35(7-2)28-18-14-25(15-19-28)32(26-16-20-29(21-17-26)36(8-3)9-4)31-24-27-12-10-22-37-23-11-13-30(33(27)37)34(31)38-5/h14-21,24,32H,6-13,22-23H2,1-5H3. The van der Waals surface area contributed by atoms with Gasteiger partial charge < -0.3 is 19.4 Å². The van der Waals surface area contributed by atoms with E-state index in [1.165, 1.54) is 70.8 Å². The SMILES string of the molecule is CCN(CC)c1ccc(C(c2ccc(N(CC)CC)cc2)c2cc3c4c(c2OC)CCCN4CCC3)cc1. The van der Waals surface area contributed by atoms with Crippen molar-refractivity contribution in [3.05, 3.63) is 82.4 Å². The van der Waals surface area contributed by atoms with Gasteiger partial charge in [-0.05, 0) is 100 Å². The molecule has 4 nitrogen and oxygen atoms in total. The van der Waals surface area contributed by atoms with E-state index >= 15 is 0 Å². The van der Waals surface area contributed by atoms with Crippen LogP contribution in [0.4, 0.5) is 17.1 Å². The Morgan fingerprint density at radius 2 is 1.24 bits per heavy atom. The third kappa shape index (κ3) is 4.86. The summed E-state index contributed by atoms with van der Waals surface area (Å²) in [4.78, 5) is 7.43. The first-order valence-electron chi connectivity index (χ1n) is 14.8. The van der Waals surface area contributed by atoms with E-state index in [1.54, 1.807) is 0 Å². The Labute approximate surface area is 230 Å². The predicted octanol–water partition coefficient (Wildman–Crippen LogP) is 7.27. The number of methoxy groups -OCH3 is 1. The van der Waals surface area contributed by atoms with Gasteiger partial charge in [0.15, 0.2) is 0 Å². The molecule has 0 bridgehead atoms. The number of aryl methyl sites for hydroxylation is 1. The minimum Gasteiger partial charge on any atom is -0.496 e. The van der Waals surface area contributed by atoms with Gasteiger partial charge in [0.2, 0.25) is 0 Å². The lowest BCUT2D eigenvalue weighted by molar-refractivity contribution is 0.401. The monoisotopic (exact) mass is 511 g/mol. The van der Waals surface area contributed by atoms with Crippen LogP contribution < -0.4 is 19.4 Å². The highest BCUT2D eigenvalue weighted by Gasteiger charge is 2.31. The fraction of sp³-hybridized carbons (Fsp3) is 0.471. The summed E-state index contributed by atoms with van der Waals surface area (Å²) in [6, 6.07) is 21.1. The van der Waals surface area contributed by atoms with Crippen LogP contribution in [-0.2, 0) is 12.8 Å². The second-order valence-corrected chi connectivity index (χ2v) is 10.6. The summed E-state index contributed by atoms with van der Waals surface area (Å²) in [6.07, 6.45) is 4.70. The molecule has 2 heterocycles. The van der Waals surface area contributed by atoms with Crippen LogP contribution >= 0.6 is 0 Å². The molecular formula is C34H45N3O. The molecule has 3 aromatic carbocycles. The minimum atomic E-state index is 0.125. The minimum absolute atomic E-state index is 0.125. The summed E-state index contributed by atoms with van der Waals surface area (Å²) in [5.41, 5.74) is 10.9. The van der Waals surface area contributed by atoms with Gasteiger partial charge >= 0.3 is 0 Å². The maximum Gasteiger partial charge on any atom is 0.128 e. The first-order chi connectivity index (χ1) is 18.6. The summed E-state index contributed by atoms with van der Waals surface area (Å²) in [5.74, 6) is 1.22. The molecule has 202 valence electrons. The van der Waals surface area contributed by atoms with Crippen LogP contribution in [-0.4, -0.2) is 46.4 Å². The average Bonchev–Trinajstić information content (AvgIpc) is 2.96. The summed E-state index contributed by atoms with van der Waals surface area (Å²) >= 11 is 0. The largest absolute Gasteiger partial charge is 0.496 e. The Morgan fingerprint density at radius 3 is 1.71 bits per heavy atom. The van der Waals surface area contributed by atoms with Gasteiger partial charge in [-0.1, -0.05) is 24.3 Å². The van der Waals surface area contributed by atoms with E-state index in [-0.39, 0.29) is 5.92 Å². The van der Waals surface area contributed by atoms with E-state index in [4.69, 9.17) is 4.74 Å². The van der Waals surface area contributed by atoms with Crippen molar-refractivity contribution >= 4 is 17.1 Å². The fourth-order valence-electron chi connectivity index (χ4n) is 6.80. The Kier molecular flexibility index (Phi) is 8.16. The Morgan fingerprint density at radius 1 is 0.737 bits per heavy atom. The van der Waals surface area contributed by atoms with Crippen LogP contribution in [0.1, 0.15) is 74.3 Å². The van der Waals surface area contributed by atoms with Crippen molar-refractivity contribution in [2.75, 3.05) is 61.1 Å². The quantitative estimate of drug-likeness (QED) is 0.267. The smallest absolute Gasteiger partial charge is 0.128 e. The van der Waals surface area contributed by atoms with E-state index < -0.39 is 0 Å². The molecule has 0 radical (unpaired) electrons. The van der Waals surface area contributed by atoms with Crippen LogP contribution in [0.5, 0.6) is 5.75 Å². The number of benzene rings is 3. The van der Waals surface area contributed by atoms with Crippen molar-refractivity contribution in [3.8, 4) is 5.75 Å². The maximum atomic E-state index is 6.29. The molecule has 0 saturated carbocycles. The van der Waals surface area contributed by atoms with Gasteiger partial charge in [-0.15, -0.1) is 0 Å². The second-order valence-electron chi connectivity index (χ2n) is 10.6.